The first-order valence-corrected chi connectivity index (χ1v) is 12.0. The Balaban J connectivity index is 1.60. The van der Waals surface area contributed by atoms with Crippen LogP contribution in [0.25, 0.3) is 0 Å². The van der Waals surface area contributed by atoms with E-state index in [-0.39, 0.29) is 18.0 Å². The lowest BCUT2D eigenvalue weighted by Crippen LogP contribution is -2.60. The highest BCUT2D eigenvalue weighted by Gasteiger charge is 2.41. The molecule has 31 heavy (non-hydrogen) atoms. The first kappa shape index (κ1) is 22.6. The molecule has 3 atom stereocenters. The molecule has 0 saturated carbocycles. The topological polar surface area (TPSA) is 60.0 Å². The Morgan fingerprint density at radius 2 is 1.77 bits per heavy atom. The van der Waals surface area contributed by atoms with Crippen molar-refractivity contribution in [2.75, 3.05) is 27.4 Å². The summed E-state index contributed by atoms with van der Waals surface area (Å²) in [5, 5.41) is 3.11. The van der Waals surface area contributed by atoms with Crippen molar-refractivity contribution in [3.8, 4) is 11.5 Å². The molecule has 8 heteroatoms. The number of hydrogen-bond donors (Lipinski definition) is 1. The molecule has 2 aliphatic rings. The van der Waals surface area contributed by atoms with E-state index in [4.69, 9.17) is 14.2 Å². The molecule has 0 bridgehead atoms. The predicted octanol–water partition coefficient (Wildman–Crippen LogP) is 4.91. The minimum atomic E-state index is -0.403. The number of carbonyl (C=O) groups is 1. The van der Waals surface area contributed by atoms with Crippen LogP contribution in [0.1, 0.15) is 41.2 Å². The number of ether oxygens (including phenoxy) is 3. The maximum Gasteiger partial charge on any atom is 0.260 e. The number of morpholine rings is 1. The van der Waals surface area contributed by atoms with E-state index in [2.05, 4.69) is 66.3 Å². The summed E-state index contributed by atoms with van der Waals surface area (Å²) >= 11 is 6.95. The molecule has 2 heterocycles. The molecule has 0 radical (unpaired) electrons. The Morgan fingerprint density at radius 3 is 2.42 bits per heavy atom. The van der Waals surface area contributed by atoms with Gasteiger partial charge in [-0.15, -0.1) is 0 Å². The zero-order valence-electron chi connectivity index (χ0n) is 17.6. The first-order chi connectivity index (χ1) is 15.0. The molecule has 0 aliphatic carbocycles. The van der Waals surface area contributed by atoms with Gasteiger partial charge in [0.1, 0.15) is 23.3 Å². The van der Waals surface area contributed by atoms with E-state index < -0.39 is 6.23 Å². The number of benzene rings is 2. The SMILES string of the molecule is COc1c(Br)cc(Br)c(OC)c1C(=O)NC1OCC(c2ccccc2)N2CCCCC12. The van der Waals surface area contributed by atoms with E-state index in [1.54, 1.807) is 6.07 Å². The average molecular weight is 554 g/mol. The summed E-state index contributed by atoms with van der Waals surface area (Å²) in [5.41, 5.74) is 1.58. The van der Waals surface area contributed by atoms with Crippen LogP contribution >= 0.6 is 31.9 Å². The van der Waals surface area contributed by atoms with Crippen molar-refractivity contribution in [2.24, 2.45) is 0 Å². The highest BCUT2D eigenvalue weighted by Crippen LogP contribution is 2.42. The molecule has 3 unspecified atom stereocenters. The minimum Gasteiger partial charge on any atom is -0.495 e. The number of nitrogens with one attached hydrogen (secondary N) is 1. The number of hydrogen-bond acceptors (Lipinski definition) is 5. The van der Waals surface area contributed by atoms with Crippen LogP contribution in [-0.2, 0) is 4.74 Å². The van der Waals surface area contributed by atoms with Crippen LogP contribution in [0.2, 0.25) is 0 Å². The normalized spacial score (nSPS) is 23.7. The second-order valence-electron chi connectivity index (χ2n) is 7.74. The number of rotatable bonds is 5. The fourth-order valence-corrected chi connectivity index (χ4v) is 6.07. The van der Waals surface area contributed by atoms with Gasteiger partial charge in [0.25, 0.3) is 5.91 Å². The summed E-state index contributed by atoms with van der Waals surface area (Å²) in [6, 6.07) is 12.6. The van der Waals surface area contributed by atoms with E-state index in [1.165, 1.54) is 19.8 Å². The smallest absolute Gasteiger partial charge is 0.260 e. The van der Waals surface area contributed by atoms with Crippen LogP contribution in [0.5, 0.6) is 11.5 Å². The molecule has 2 fully saturated rings. The molecule has 2 aromatic rings. The van der Waals surface area contributed by atoms with E-state index in [0.29, 0.717) is 32.6 Å². The number of methoxy groups -OCH3 is 2. The molecule has 4 rings (SSSR count). The number of nitrogens with zero attached hydrogens (tertiary/aromatic N) is 1. The van der Waals surface area contributed by atoms with Crippen molar-refractivity contribution in [3.05, 3.63) is 56.5 Å². The second-order valence-corrected chi connectivity index (χ2v) is 9.45. The van der Waals surface area contributed by atoms with Gasteiger partial charge in [-0.05, 0) is 62.9 Å². The van der Waals surface area contributed by atoms with Crippen LogP contribution in [0.4, 0.5) is 0 Å². The third-order valence-corrected chi connectivity index (χ3v) is 7.19. The molecule has 1 N–H and O–H groups in total. The van der Waals surface area contributed by atoms with Gasteiger partial charge in [-0.2, -0.15) is 0 Å². The summed E-state index contributed by atoms with van der Waals surface area (Å²) < 4.78 is 18.6. The molecule has 2 saturated heterocycles. The van der Waals surface area contributed by atoms with E-state index >= 15 is 0 Å². The molecular weight excluding hydrogens is 528 g/mol. The van der Waals surface area contributed by atoms with Gasteiger partial charge in [-0.3, -0.25) is 9.69 Å². The number of fused-ring (bicyclic) bond motifs is 1. The molecule has 166 valence electrons. The lowest BCUT2D eigenvalue weighted by atomic mass is 9.93. The fraction of sp³-hybridized carbons (Fsp3) is 0.435. The third-order valence-electron chi connectivity index (χ3n) is 6.01. The first-order valence-electron chi connectivity index (χ1n) is 10.4. The molecule has 0 aromatic heterocycles. The van der Waals surface area contributed by atoms with Crippen molar-refractivity contribution < 1.29 is 19.0 Å². The molecule has 0 spiro atoms. The van der Waals surface area contributed by atoms with Crippen LogP contribution in [-0.4, -0.2) is 50.4 Å². The highest BCUT2D eigenvalue weighted by molar-refractivity contribution is 9.11. The van der Waals surface area contributed by atoms with Crippen LogP contribution < -0.4 is 14.8 Å². The van der Waals surface area contributed by atoms with Crippen molar-refractivity contribution in [1.29, 1.82) is 0 Å². The van der Waals surface area contributed by atoms with Crippen LogP contribution in [0, 0.1) is 0 Å². The largest absolute Gasteiger partial charge is 0.495 e. The maximum absolute atomic E-state index is 13.4. The Bertz CT molecular complexity index is 913. The Kier molecular flexibility index (Phi) is 7.21. The number of carbonyl (C=O) groups excluding carboxylic acids is 1. The quantitative estimate of drug-likeness (QED) is 0.570. The molecule has 1 amide bonds. The zero-order chi connectivity index (χ0) is 22.0. The fourth-order valence-electron chi connectivity index (χ4n) is 4.59. The van der Waals surface area contributed by atoms with Gasteiger partial charge in [0, 0.05) is 0 Å². The number of piperidine rings is 1. The van der Waals surface area contributed by atoms with Gasteiger partial charge in [-0.1, -0.05) is 36.8 Å². The predicted molar refractivity (Wildman–Crippen MR) is 126 cm³/mol. The standard InChI is InChI=1S/C23H26Br2N2O4/c1-29-20-15(24)12-16(25)21(30-2)19(20)22(28)26-23-17-10-6-7-11-27(17)18(13-31-23)14-8-4-3-5-9-14/h3-5,8-9,12,17-18,23H,6-7,10-11,13H2,1-2H3,(H,26,28). The van der Waals surface area contributed by atoms with Crippen molar-refractivity contribution >= 4 is 37.8 Å². The van der Waals surface area contributed by atoms with Gasteiger partial charge in [-0.25, -0.2) is 0 Å². The Labute approximate surface area is 199 Å². The van der Waals surface area contributed by atoms with Gasteiger partial charge in [0.2, 0.25) is 0 Å². The number of halogens is 2. The average Bonchev–Trinajstić information content (AvgIpc) is 2.79. The monoisotopic (exact) mass is 552 g/mol. The summed E-state index contributed by atoms with van der Waals surface area (Å²) in [6.07, 6.45) is 2.85. The Morgan fingerprint density at radius 1 is 1.10 bits per heavy atom. The highest BCUT2D eigenvalue weighted by atomic mass is 79.9. The lowest BCUT2D eigenvalue weighted by molar-refractivity contribution is -0.125. The van der Waals surface area contributed by atoms with E-state index in [1.807, 2.05) is 6.07 Å². The second kappa shape index (κ2) is 9.90. The van der Waals surface area contributed by atoms with E-state index in [0.717, 1.165) is 25.8 Å². The lowest BCUT2D eigenvalue weighted by Gasteiger charge is -2.48. The molecule has 2 aliphatic heterocycles. The summed E-state index contributed by atoms with van der Waals surface area (Å²) in [6.45, 7) is 1.52. The van der Waals surface area contributed by atoms with Crippen molar-refractivity contribution in [1.82, 2.24) is 10.2 Å². The summed E-state index contributed by atoms with van der Waals surface area (Å²) in [5.74, 6) is 0.566. The zero-order valence-corrected chi connectivity index (χ0v) is 20.7. The molecular formula is C23H26Br2N2O4. The van der Waals surface area contributed by atoms with Crippen molar-refractivity contribution in [3.63, 3.8) is 0 Å². The van der Waals surface area contributed by atoms with Crippen molar-refractivity contribution in [2.45, 2.75) is 37.6 Å². The molecule has 2 aromatic carbocycles. The maximum atomic E-state index is 13.4. The number of amides is 1. The van der Waals surface area contributed by atoms with Gasteiger partial charge >= 0.3 is 0 Å². The third kappa shape index (κ3) is 4.49. The summed E-state index contributed by atoms with van der Waals surface area (Å²) in [4.78, 5) is 15.9. The van der Waals surface area contributed by atoms with Gasteiger partial charge < -0.3 is 19.5 Å². The van der Waals surface area contributed by atoms with Gasteiger partial charge in [0.05, 0.1) is 41.9 Å². The minimum absolute atomic E-state index is 0.115. The van der Waals surface area contributed by atoms with Gasteiger partial charge in [0.15, 0.2) is 0 Å². The van der Waals surface area contributed by atoms with E-state index in [9.17, 15) is 4.79 Å². The van der Waals surface area contributed by atoms with Crippen LogP contribution in [0.15, 0.2) is 45.3 Å². The van der Waals surface area contributed by atoms with Crippen LogP contribution in [0.3, 0.4) is 0 Å². The Hall–Kier alpha value is -1.61. The molecule has 6 nitrogen and oxygen atoms in total. The summed E-state index contributed by atoms with van der Waals surface area (Å²) in [7, 11) is 3.07.